The number of nitrogens with zero attached hydrogens (tertiary/aromatic N) is 3. The van der Waals surface area contributed by atoms with Crippen molar-refractivity contribution in [2.75, 3.05) is 34.4 Å². The molecule has 1 unspecified atom stereocenters. The van der Waals surface area contributed by atoms with Crippen LogP contribution in [-0.4, -0.2) is 83.9 Å². The number of likely N-dealkylation sites (tertiary alicyclic amines) is 1. The second kappa shape index (κ2) is 11.4. The van der Waals surface area contributed by atoms with E-state index in [0.29, 0.717) is 37.1 Å². The zero-order valence-electron chi connectivity index (χ0n) is 26.2. The van der Waals surface area contributed by atoms with Gasteiger partial charge in [0.2, 0.25) is 0 Å². The van der Waals surface area contributed by atoms with Gasteiger partial charge in [0.15, 0.2) is 28.5 Å². The number of primary amides is 1. The van der Waals surface area contributed by atoms with Gasteiger partial charge in [0.1, 0.15) is 6.10 Å². The summed E-state index contributed by atoms with van der Waals surface area (Å²) in [6.45, 7) is 5.16. The number of hydrogen-bond donors (Lipinski definition) is 3. The van der Waals surface area contributed by atoms with Crippen molar-refractivity contribution >= 4 is 16.9 Å². The van der Waals surface area contributed by atoms with Crippen LogP contribution in [0.3, 0.4) is 0 Å². The number of aryl methyl sites for hydroxylation is 3. The van der Waals surface area contributed by atoms with Gasteiger partial charge in [0.05, 0.1) is 38.0 Å². The van der Waals surface area contributed by atoms with Gasteiger partial charge in [-0.25, -0.2) is 4.98 Å². The molecule has 236 valence electrons. The molecular weight excluding hydrogens is 562 g/mol. The molecule has 11 nitrogen and oxygen atoms in total. The molecule has 1 saturated carbocycles. The van der Waals surface area contributed by atoms with Gasteiger partial charge < -0.3 is 39.3 Å². The number of aliphatic hydroxyl groups is 1. The van der Waals surface area contributed by atoms with Crippen LogP contribution < -0.4 is 20.7 Å². The topological polar surface area (TPSA) is 145 Å². The van der Waals surface area contributed by atoms with Gasteiger partial charge in [-0.3, -0.25) is 10.2 Å². The summed E-state index contributed by atoms with van der Waals surface area (Å²) in [6.07, 6.45) is 2.84. The summed E-state index contributed by atoms with van der Waals surface area (Å²) < 4.78 is 26.3. The largest absolute Gasteiger partial charge is 0.493 e. The van der Waals surface area contributed by atoms with E-state index in [-0.39, 0.29) is 35.3 Å². The van der Waals surface area contributed by atoms with Crippen molar-refractivity contribution in [2.24, 2.45) is 5.73 Å². The number of hydrogen-bond acceptors (Lipinski definition) is 9. The molecule has 44 heavy (non-hydrogen) atoms. The van der Waals surface area contributed by atoms with Crippen molar-refractivity contribution in [3.05, 3.63) is 58.2 Å². The van der Waals surface area contributed by atoms with Crippen LogP contribution >= 0.6 is 0 Å². The Morgan fingerprint density at radius 1 is 1.09 bits per heavy atom. The normalized spacial score (nSPS) is 28.5. The molecule has 2 aliphatic heterocycles. The number of likely N-dealkylation sites (N-methyl/N-ethyl adjacent to an activating group) is 1. The van der Waals surface area contributed by atoms with E-state index in [1.807, 2.05) is 32.0 Å². The maximum atomic E-state index is 12.2. The molecule has 0 bridgehead atoms. The highest BCUT2D eigenvalue weighted by atomic mass is 16.8. The molecule has 1 aliphatic carbocycles. The summed E-state index contributed by atoms with van der Waals surface area (Å²) in [6, 6.07) is 10.3. The molecule has 2 saturated heterocycles. The number of nitrogens with one attached hydrogen (secondary N) is 1. The minimum Gasteiger partial charge on any atom is -0.493 e. The third kappa shape index (κ3) is 4.95. The monoisotopic (exact) mass is 605 g/mol. The number of benzene rings is 2. The van der Waals surface area contributed by atoms with Gasteiger partial charge >= 0.3 is 0 Å². The first-order valence-electron chi connectivity index (χ1n) is 15.3. The molecule has 5 atom stereocenters. The Balaban J connectivity index is 1.26. The molecule has 6 rings (SSSR count). The highest BCUT2D eigenvalue weighted by Gasteiger charge is 2.59. The molecule has 3 aromatic rings. The smallest absolute Gasteiger partial charge is 0.271 e. The highest BCUT2D eigenvalue weighted by molar-refractivity contribution is 5.92. The summed E-state index contributed by atoms with van der Waals surface area (Å²) in [7, 11) is 5.47. The summed E-state index contributed by atoms with van der Waals surface area (Å²) in [5.41, 5.74) is 10.1. The molecule has 11 heteroatoms. The molecule has 4 N–H and O–H groups in total. The van der Waals surface area contributed by atoms with Crippen molar-refractivity contribution in [2.45, 2.75) is 81.9 Å². The fourth-order valence-corrected chi connectivity index (χ4v) is 7.72. The molecule has 1 aromatic heterocycles. The maximum Gasteiger partial charge on any atom is 0.271 e. The molecule has 3 fully saturated rings. The van der Waals surface area contributed by atoms with Crippen molar-refractivity contribution in [3.8, 4) is 11.5 Å². The fraction of sp³-hybridized carbons (Fsp3) is 0.545. The SMILES string of the molecule is COc1ccc([C@]23CCN(C)[C@H]2CC2(CC3)O[C@@H](CCn3c(=N)c(C(N)=O)nc4cc(C)c(C)cc43)[C@@H](CO)O2)cc1OC. The number of aromatic nitrogens is 2. The zero-order valence-corrected chi connectivity index (χ0v) is 26.2. The summed E-state index contributed by atoms with van der Waals surface area (Å²) >= 11 is 0. The zero-order chi connectivity index (χ0) is 31.4. The van der Waals surface area contributed by atoms with Crippen LogP contribution in [0.5, 0.6) is 11.5 Å². The van der Waals surface area contributed by atoms with Crippen molar-refractivity contribution in [1.82, 2.24) is 14.5 Å². The first-order chi connectivity index (χ1) is 21.0. The number of carbonyl (C=O) groups excluding carboxylic acids is 1. The number of methoxy groups -OCH3 is 2. The number of rotatable bonds is 8. The third-order valence-electron chi connectivity index (χ3n) is 10.3. The van der Waals surface area contributed by atoms with Crippen LogP contribution in [0.15, 0.2) is 30.3 Å². The first kappa shape index (κ1) is 30.5. The molecule has 1 amide bonds. The minimum absolute atomic E-state index is 0.0348. The summed E-state index contributed by atoms with van der Waals surface area (Å²) in [5, 5.41) is 19.1. The minimum atomic E-state index is -0.817. The lowest BCUT2D eigenvalue weighted by Gasteiger charge is -2.48. The van der Waals surface area contributed by atoms with Gasteiger partial charge in [-0.1, -0.05) is 6.07 Å². The van der Waals surface area contributed by atoms with Crippen molar-refractivity contribution in [1.29, 1.82) is 5.41 Å². The molecule has 3 heterocycles. The third-order valence-corrected chi connectivity index (χ3v) is 10.3. The Bertz CT molecular complexity index is 1660. The Labute approximate surface area is 257 Å². The standard InChI is InChI=1S/C33H43N5O6/c1-19-14-22-23(15-20(19)2)38(30(34)29(36-22)31(35)40)12-8-25-27(18-39)44-33(43-25)10-9-32(11-13-37(3)28(32)17-33)21-6-7-24(41-4)26(16-21)42-5/h6-7,14-16,25,27-28,34,39H,8-13,17-18H2,1-5H3,(H2,35,40)/t25-,27+,28-,32-,33?/m0/s1. The molecular formula is C33H43N5O6. The van der Waals surface area contributed by atoms with Gasteiger partial charge in [-0.2, -0.15) is 0 Å². The number of ether oxygens (including phenoxy) is 4. The highest BCUT2D eigenvalue weighted by Crippen LogP contribution is 2.55. The van der Waals surface area contributed by atoms with Crippen LogP contribution in [0.2, 0.25) is 0 Å². The van der Waals surface area contributed by atoms with Crippen LogP contribution in [0.1, 0.15) is 59.3 Å². The van der Waals surface area contributed by atoms with Crippen molar-refractivity contribution < 1.29 is 28.8 Å². The predicted octanol–water partition coefficient (Wildman–Crippen LogP) is 2.94. The molecule has 1 spiro atoms. The Hall–Kier alpha value is -3.51. The van der Waals surface area contributed by atoms with Crippen LogP contribution in [0.4, 0.5) is 0 Å². The Kier molecular flexibility index (Phi) is 7.94. The number of nitrogens with two attached hydrogens (primary N) is 1. The van der Waals surface area contributed by atoms with E-state index in [0.717, 1.165) is 41.8 Å². The second-order valence-corrected chi connectivity index (χ2v) is 12.6. The van der Waals surface area contributed by atoms with E-state index < -0.39 is 17.8 Å². The van der Waals surface area contributed by atoms with Crippen LogP contribution in [0.25, 0.3) is 11.0 Å². The number of fused-ring (bicyclic) bond motifs is 2. The van der Waals surface area contributed by atoms with Gasteiger partial charge in [0.25, 0.3) is 5.91 Å². The average Bonchev–Trinajstić information content (AvgIpc) is 3.54. The van der Waals surface area contributed by atoms with Crippen LogP contribution in [-0.2, 0) is 21.4 Å². The quantitative estimate of drug-likeness (QED) is 0.356. The first-order valence-corrected chi connectivity index (χ1v) is 15.3. The maximum absolute atomic E-state index is 12.2. The summed E-state index contributed by atoms with van der Waals surface area (Å²) in [5.74, 6) is -0.121. The van der Waals surface area contributed by atoms with Crippen LogP contribution in [0, 0.1) is 19.3 Å². The Morgan fingerprint density at radius 3 is 2.52 bits per heavy atom. The lowest BCUT2D eigenvalue weighted by atomic mass is 9.64. The van der Waals surface area contributed by atoms with E-state index in [4.69, 9.17) is 30.1 Å². The predicted molar refractivity (Wildman–Crippen MR) is 164 cm³/mol. The number of aliphatic hydroxyl groups excluding tert-OH is 1. The summed E-state index contributed by atoms with van der Waals surface area (Å²) in [4.78, 5) is 19.0. The van der Waals surface area contributed by atoms with E-state index in [1.165, 1.54) is 5.56 Å². The second-order valence-electron chi connectivity index (χ2n) is 12.6. The lowest BCUT2D eigenvalue weighted by molar-refractivity contribution is -0.212. The van der Waals surface area contributed by atoms with E-state index >= 15 is 0 Å². The molecule has 3 aliphatic rings. The lowest BCUT2D eigenvalue weighted by Crippen LogP contribution is -2.53. The van der Waals surface area contributed by atoms with Gasteiger partial charge in [0, 0.05) is 30.8 Å². The Morgan fingerprint density at radius 2 is 1.82 bits per heavy atom. The van der Waals surface area contributed by atoms with Gasteiger partial charge in [-0.15, -0.1) is 0 Å². The fourth-order valence-electron chi connectivity index (χ4n) is 7.72. The van der Waals surface area contributed by atoms with Gasteiger partial charge in [-0.05, 0) is 87.7 Å². The molecule has 2 aromatic carbocycles. The van der Waals surface area contributed by atoms with Crippen molar-refractivity contribution in [3.63, 3.8) is 0 Å². The molecule has 0 radical (unpaired) electrons. The van der Waals surface area contributed by atoms with E-state index in [2.05, 4.69) is 29.1 Å². The number of carbonyl (C=O) groups is 1. The number of amides is 1. The van der Waals surface area contributed by atoms with E-state index in [1.54, 1.807) is 18.8 Å². The van der Waals surface area contributed by atoms with E-state index in [9.17, 15) is 9.90 Å². The average molecular weight is 606 g/mol.